The zero-order valence-electron chi connectivity index (χ0n) is 12.7. The Morgan fingerprint density at radius 3 is 2.75 bits per heavy atom. The van der Waals surface area contributed by atoms with E-state index in [1.165, 1.54) is 32.4 Å². The minimum atomic E-state index is 0.559. The molecule has 0 spiro atoms. The fourth-order valence-corrected chi connectivity index (χ4v) is 2.68. The van der Waals surface area contributed by atoms with Crippen LogP contribution in [-0.2, 0) is 0 Å². The van der Waals surface area contributed by atoms with Gasteiger partial charge in [0.2, 0.25) is 0 Å². The van der Waals surface area contributed by atoms with Crippen LogP contribution in [0.4, 0.5) is 11.4 Å². The first-order valence-corrected chi connectivity index (χ1v) is 7.71. The predicted octanol–water partition coefficient (Wildman–Crippen LogP) is 2.95. The molecule has 20 heavy (non-hydrogen) atoms. The van der Waals surface area contributed by atoms with E-state index in [9.17, 15) is 0 Å². The van der Waals surface area contributed by atoms with Crippen molar-refractivity contribution in [1.29, 1.82) is 0 Å². The van der Waals surface area contributed by atoms with Crippen molar-refractivity contribution >= 4 is 11.4 Å². The van der Waals surface area contributed by atoms with Gasteiger partial charge >= 0.3 is 0 Å². The number of nitrogen functional groups attached to an aromatic ring is 1. The van der Waals surface area contributed by atoms with Crippen LogP contribution in [0.5, 0.6) is 5.75 Å². The minimum Gasteiger partial charge on any atom is -0.492 e. The first-order valence-electron chi connectivity index (χ1n) is 7.71. The van der Waals surface area contributed by atoms with Crippen LogP contribution >= 0.6 is 0 Å². The number of ether oxygens (including phenoxy) is 1. The SMILES string of the molecule is CCOc1cc(NCC(C)N2CCCCC2)ccc1N. The fourth-order valence-electron chi connectivity index (χ4n) is 2.68. The lowest BCUT2D eigenvalue weighted by Crippen LogP contribution is -2.41. The van der Waals surface area contributed by atoms with E-state index in [-0.39, 0.29) is 0 Å². The summed E-state index contributed by atoms with van der Waals surface area (Å²) in [7, 11) is 0. The van der Waals surface area contributed by atoms with Crippen LogP contribution in [0.15, 0.2) is 18.2 Å². The molecule has 4 nitrogen and oxygen atoms in total. The van der Waals surface area contributed by atoms with E-state index < -0.39 is 0 Å². The van der Waals surface area contributed by atoms with Crippen LogP contribution in [0.1, 0.15) is 33.1 Å². The van der Waals surface area contributed by atoms with Gasteiger partial charge < -0.3 is 15.8 Å². The fraction of sp³-hybridized carbons (Fsp3) is 0.625. The predicted molar refractivity (Wildman–Crippen MR) is 85.4 cm³/mol. The van der Waals surface area contributed by atoms with Gasteiger partial charge in [-0.25, -0.2) is 0 Å². The number of nitrogens with one attached hydrogen (secondary N) is 1. The van der Waals surface area contributed by atoms with Gasteiger partial charge in [-0.3, -0.25) is 4.90 Å². The highest BCUT2D eigenvalue weighted by Gasteiger charge is 2.16. The van der Waals surface area contributed by atoms with E-state index >= 15 is 0 Å². The molecule has 0 saturated carbocycles. The molecule has 3 N–H and O–H groups in total. The Labute approximate surface area is 122 Å². The van der Waals surface area contributed by atoms with E-state index in [1.807, 2.05) is 25.1 Å². The number of rotatable bonds is 6. The van der Waals surface area contributed by atoms with Crippen molar-refractivity contribution in [2.24, 2.45) is 0 Å². The lowest BCUT2D eigenvalue weighted by atomic mass is 10.1. The molecule has 112 valence electrons. The van der Waals surface area contributed by atoms with Crippen LogP contribution in [0.3, 0.4) is 0 Å². The maximum Gasteiger partial charge on any atom is 0.144 e. The van der Waals surface area contributed by atoms with Gasteiger partial charge in [0.25, 0.3) is 0 Å². The summed E-state index contributed by atoms with van der Waals surface area (Å²) >= 11 is 0. The second-order valence-electron chi connectivity index (χ2n) is 5.51. The Morgan fingerprint density at radius 2 is 2.05 bits per heavy atom. The van der Waals surface area contributed by atoms with Crippen LogP contribution in [0.25, 0.3) is 0 Å². The molecule has 2 rings (SSSR count). The van der Waals surface area contributed by atoms with Gasteiger partial charge in [0.1, 0.15) is 5.75 Å². The summed E-state index contributed by atoms with van der Waals surface area (Å²) in [5, 5.41) is 3.49. The molecule has 1 aromatic carbocycles. The Kier molecular flexibility index (Phi) is 5.53. The Hall–Kier alpha value is -1.42. The van der Waals surface area contributed by atoms with Gasteiger partial charge in [-0.15, -0.1) is 0 Å². The standard InChI is InChI=1S/C16H27N3O/c1-3-20-16-11-14(7-8-15(16)17)18-12-13(2)19-9-5-4-6-10-19/h7-8,11,13,18H,3-6,9-10,12,17H2,1-2H3. The summed E-state index contributed by atoms with van der Waals surface area (Å²) in [6.07, 6.45) is 4.05. The third-order valence-electron chi connectivity index (χ3n) is 3.93. The number of benzene rings is 1. The highest BCUT2D eigenvalue weighted by Crippen LogP contribution is 2.25. The number of nitrogens with zero attached hydrogens (tertiary/aromatic N) is 1. The molecular weight excluding hydrogens is 250 g/mol. The van der Waals surface area contributed by atoms with Crippen molar-refractivity contribution in [2.45, 2.75) is 39.2 Å². The van der Waals surface area contributed by atoms with Gasteiger partial charge in [0.05, 0.1) is 12.3 Å². The first kappa shape index (κ1) is 15.0. The van der Waals surface area contributed by atoms with Crippen LogP contribution in [-0.4, -0.2) is 37.2 Å². The lowest BCUT2D eigenvalue weighted by molar-refractivity contribution is 0.180. The van der Waals surface area contributed by atoms with Gasteiger partial charge in [0.15, 0.2) is 0 Å². The molecule has 1 fully saturated rings. The molecule has 0 amide bonds. The first-order chi connectivity index (χ1) is 9.70. The summed E-state index contributed by atoms with van der Waals surface area (Å²) in [6.45, 7) is 8.31. The number of likely N-dealkylation sites (tertiary alicyclic amines) is 1. The quantitative estimate of drug-likeness (QED) is 0.785. The van der Waals surface area contributed by atoms with E-state index in [2.05, 4.69) is 17.1 Å². The lowest BCUT2D eigenvalue weighted by Gasteiger charge is -2.32. The smallest absolute Gasteiger partial charge is 0.144 e. The zero-order valence-corrected chi connectivity index (χ0v) is 12.7. The normalized spacial score (nSPS) is 17.7. The van der Waals surface area contributed by atoms with E-state index in [1.54, 1.807) is 0 Å². The zero-order chi connectivity index (χ0) is 14.4. The van der Waals surface area contributed by atoms with Gasteiger partial charge in [0, 0.05) is 24.3 Å². The second kappa shape index (κ2) is 7.39. The number of hydrogen-bond acceptors (Lipinski definition) is 4. The molecular formula is C16H27N3O. The molecule has 1 heterocycles. The topological polar surface area (TPSA) is 50.5 Å². The monoisotopic (exact) mass is 277 g/mol. The largest absolute Gasteiger partial charge is 0.492 e. The molecule has 1 aliphatic heterocycles. The maximum absolute atomic E-state index is 5.89. The van der Waals surface area contributed by atoms with Gasteiger partial charge in [-0.2, -0.15) is 0 Å². The van der Waals surface area contributed by atoms with Crippen molar-refractivity contribution in [3.8, 4) is 5.75 Å². The molecule has 0 aliphatic carbocycles. The van der Waals surface area contributed by atoms with E-state index in [0.29, 0.717) is 18.3 Å². The Bertz CT molecular complexity index is 416. The number of hydrogen-bond donors (Lipinski definition) is 2. The summed E-state index contributed by atoms with van der Waals surface area (Å²) in [5.41, 5.74) is 7.66. The molecule has 0 radical (unpaired) electrons. The van der Waals surface area contributed by atoms with Crippen molar-refractivity contribution in [3.63, 3.8) is 0 Å². The average molecular weight is 277 g/mol. The number of anilines is 2. The van der Waals surface area contributed by atoms with Crippen LogP contribution in [0, 0.1) is 0 Å². The van der Waals surface area contributed by atoms with Crippen molar-refractivity contribution < 1.29 is 4.74 Å². The highest BCUT2D eigenvalue weighted by molar-refractivity contribution is 5.61. The highest BCUT2D eigenvalue weighted by atomic mass is 16.5. The maximum atomic E-state index is 5.89. The molecule has 1 aromatic rings. The summed E-state index contributed by atoms with van der Waals surface area (Å²) in [6, 6.07) is 6.46. The van der Waals surface area contributed by atoms with Gasteiger partial charge in [-0.05, 0) is 51.9 Å². The molecule has 1 unspecified atom stereocenters. The Balaban J connectivity index is 1.88. The Morgan fingerprint density at radius 1 is 1.30 bits per heavy atom. The molecule has 0 bridgehead atoms. The van der Waals surface area contributed by atoms with Crippen molar-refractivity contribution in [2.75, 3.05) is 37.3 Å². The van der Waals surface area contributed by atoms with E-state index in [0.717, 1.165) is 18.0 Å². The second-order valence-corrected chi connectivity index (χ2v) is 5.51. The molecule has 1 saturated heterocycles. The van der Waals surface area contributed by atoms with Gasteiger partial charge in [-0.1, -0.05) is 6.42 Å². The van der Waals surface area contributed by atoms with Crippen LogP contribution in [0.2, 0.25) is 0 Å². The van der Waals surface area contributed by atoms with Crippen molar-refractivity contribution in [1.82, 2.24) is 4.90 Å². The van der Waals surface area contributed by atoms with E-state index in [4.69, 9.17) is 10.5 Å². The van der Waals surface area contributed by atoms with Crippen LogP contribution < -0.4 is 15.8 Å². The molecule has 4 heteroatoms. The summed E-state index contributed by atoms with van der Waals surface area (Å²) in [4.78, 5) is 2.57. The minimum absolute atomic E-state index is 0.559. The molecule has 1 atom stereocenters. The number of nitrogens with two attached hydrogens (primary N) is 1. The number of piperidine rings is 1. The average Bonchev–Trinajstić information content (AvgIpc) is 2.49. The summed E-state index contributed by atoms with van der Waals surface area (Å²) < 4.78 is 5.53. The third-order valence-corrected chi connectivity index (χ3v) is 3.93. The molecule has 0 aromatic heterocycles. The summed E-state index contributed by atoms with van der Waals surface area (Å²) in [5.74, 6) is 0.767. The third kappa shape index (κ3) is 4.04. The molecule has 1 aliphatic rings. The van der Waals surface area contributed by atoms with Crippen molar-refractivity contribution in [3.05, 3.63) is 18.2 Å².